The number of nitrogens with one attached hydrogen (secondary N) is 1. The molecule has 0 saturated heterocycles. The number of nitrogens with zero attached hydrogens (tertiary/aromatic N) is 5. The molecule has 4 aromatic carbocycles. The number of rotatable bonds is 12. The first-order chi connectivity index (χ1) is 25.5. The Morgan fingerprint density at radius 2 is 1.57 bits per heavy atom. The fraction of sp³-hybridized carbons (Fsp3) is 0.161. The van der Waals surface area contributed by atoms with E-state index >= 15 is 0 Å². The van der Waals surface area contributed by atoms with Crippen LogP contribution in [-0.2, 0) is 57.8 Å². The van der Waals surface area contributed by atoms with E-state index in [1.165, 1.54) is 36.2 Å². The summed E-state index contributed by atoms with van der Waals surface area (Å²) in [5.41, 5.74) is 1.51. The molecule has 27 heteroatoms. The topological polar surface area (TPSA) is 319 Å². The summed E-state index contributed by atoms with van der Waals surface area (Å²) in [6.45, 7) is 6.64. The van der Waals surface area contributed by atoms with Crippen molar-refractivity contribution in [1.29, 1.82) is 0 Å². The van der Waals surface area contributed by atoms with Crippen LogP contribution in [0.3, 0.4) is 0 Å². The molecule has 0 aromatic heterocycles. The van der Waals surface area contributed by atoms with Crippen LogP contribution in [0.5, 0.6) is 11.5 Å². The van der Waals surface area contributed by atoms with Gasteiger partial charge in [0.2, 0.25) is 10.4 Å². The molecule has 0 bridgehead atoms. The molecule has 1 radical (unpaired) electrons. The summed E-state index contributed by atoms with van der Waals surface area (Å²) in [4.78, 5) is 14.1. The largest absolute Gasteiger partial charge is 1.00 e. The Balaban J connectivity index is 0. The van der Waals surface area contributed by atoms with Crippen molar-refractivity contribution in [3.63, 3.8) is 0 Å². The van der Waals surface area contributed by atoms with Gasteiger partial charge in [-0.3, -0.25) is 9.35 Å². The molecule has 4 rings (SSSR count). The first-order valence-electron chi connectivity index (χ1n) is 14.8. The van der Waals surface area contributed by atoms with Crippen LogP contribution in [0.15, 0.2) is 98.0 Å². The van der Waals surface area contributed by atoms with Crippen LogP contribution >= 0.6 is 0 Å². The van der Waals surface area contributed by atoms with Crippen LogP contribution in [0.1, 0.15) is 10.4 Å². The number of amides is 1. The van der Waals surface area contributed by atoms with Gasteiger partial charge in [-0.2, -0.15) is 27.5 Å². The molecule has 0 spiro atoms. The standard InChI is InChI=1S/C31H30N6O7S2.Cu.2Na.H2O4S.O3S/c1-5-45(41,42)17-16-37(4)31(40)20-8-7-9-21(18-20)33-36-29-23-11-15-27(30(39)24(23)12-14-26(29)32-3)35-34-25-13-10-22(19-28(25)38)46(43,44)6-2;;;;1-5(2,3)4;1-4(2)3/h5,7-14,18-19,32,38-39H,1-2,6,16-17H2,3-4H3;;;;(H2,1,2,3,4);/q-2;;2*+1;;/p-1. The maximum Gasteiger partial charge on any atom is 1.00 e. The summed E-state index contributed by atoms with van der Waals surface area (Å²) in [6.07, 6.45) is 0. The Bertz CT molecular complexity index is 2590. The van der Waals surface area contributed by atoms with Crippen LogP contribution in [0.2, 0.25) is 0 Å². The predicted octanol–water partition coefficient (Wildman–Crippen LogP) is -1.83. The van der Waals surface area contributed by atoms with Crippen LogP contribution < -0.4 is 64.4 Å². The van der Waals surface area contributed by atoms with E-state index in [-0.39, 0.29) is 122 Å². The Morgan fingerprint density at radius 3 is 2.10 bits per heavy atom. The van der Waals surface area contributed by atoms with Gasteiger partial charge in [0.25, 0.3) is 5.91 Å². The van der Waals surface area contributed by atoms with E-state index < -0.39 is 52.3 Å². The number of fused-ring (bicyclic) bond motifs is 1. The molecule has 0 aliphatic rings. The van der Waals surface area contributed by atoms with Gasteiger partial charge in [0.1, 0.15) is 11.4 Å². The Morgan fingerprint density at radius 1 is 0.966 bits per heavy atom. The molecule has 0 heterocycles. The van der Waals surface area contributed by atoms with E-state index in [0.717, 1.165) is 11.5 Å². The van der Waals surface area contributed by atoms with E-state index in [2.05, 4.69) is 45.3 Å². The molecule has 0 aliphatic carbocycles. The zero-order chi connectivity index (χ0) is 41.7. The number of phenols is 2. The van der Waals surface area contributed by atoms with Gasteiger partial charge in [0.15, 0.2) is 19.7 Å². The molecule has 20 nitrogen and oxygen atoms in total. The second-order valence-electron chi connectivity index (χ2n) is 10.5. The fourth-order valence-electron chi connectivity index (χ4n) is 4.16. The van der Waals surface area contributed by atoms with Crippen LogP contribution in [0, 0.1) is 13.0 Å². The normalized spacial score (nSPS) is 11.1. The third-order valence-electron chi connectivity index (χ3n) is 6.82. The van der Waals surface area contributed by atoms with Crippen molar-refractivity contribution >= 4 is 85.8 Å². The Hall–Kier alpha value is -3.14. The summed E-state index contributed by atoms with van der Waals surface area (Å²) in [6, 6.07) is 17.7. The molecular formula is C31H31CuN6Na2O14S4-. The van der Waals surface area contributed by atoms with E-state index in [4.69, 9.17) is 30.1 Å². The number of hydrogen-bond acceptors (Lipinski definition) is 18. The Labute approximate surface area is 390 Å². The van der Waals surface area contributed by atoms with Crippen LogP contribution in [0.25, 0.3) is 10.8 Å². The van der Waals surface area contributed by atoms with E-state index in [0.29, 0.717) is 27.8 Å². The van der Waals surface area contributed by atoms with Gasteiger partial charge in [-0.25, -0.2) is 25.3 Å². The van der Waals surface area contributed by atoms with Gasteiger partial charge in [-0.1, -0.05) is 35.2 Å². The van der Waals surface area contributed by atoms with Crippen molar-refractivity contribution < 1.29 is 138 Å². The smallest absolute Gasteiger partial charge is 0.726 e. The number of sulfone groups is 2. The molecule has 0 atom stereocenters. The summed E-state index contributed by atoms with van der Waals surface area (Å²) >= 11 is 0. The summed E-state index contributed by atoms with van der Waals surface area (Å²) in [5.74, 6) is -1.72. The number of phenolic OH excluding ortho intramolecular Hbond substituents is 2. The van der Waals surface area contributed by atoms with Gasteiger partial charge in [0, 0.05) is 71.9 Å². The quantitative estimate of drug-likeness (QED) is 0.0399. The van der Waals surface area contributed by atoms with Crippen molar-refractivity contribution in [2.45, 2.75) is 4.90 Å². The monoisotopic (exact) mass is 948 g/mol. The van der Waals surface area contributed by atoms with Gasteiger partial charge in [0.05, 0.1) is 22.0 Å². The maximum absolute atomic E-state index is 12.9. The first kappa shape index (κ1) is 57.0. The molecule has 0 unspecified atom stereocenters. The number of carbonyl (C=O) groups excluding carboxylic acids is 1. The third-order valence-corrected chi connectivity index (χ3v) is 9.59. The number of hydrogen-bond donors (Lipinski definition) is 4. The zero-order valence-corrected chi connectivity index (χ0v) is 39.1. The Kier molecular flexibility index (Phi) is 25.0. The minimum absolute atomic E-state index is 0. The summed E-state index contributed by atoms with van der Waals surface area (Å²) < 4.78 is 106. The average Bonchev–Trinajstić information content (AvgIpc) is 3.11. The number of anilines is 1. The first-order valence-corrected chi connectivity index (χ1v) is 20.5. The third kappa shape index (κ3) is 18.4. The SMILES string of the molecule is C=CS(=O)(=O)CCN(C)C(=O)c1cccc(N=Nc2c(NC)ccc3c(O)c(N=Nc4ccc(S(=O)(=O)C[CH2-])cc4O)[c-]cc23)c1.O=S(=O)([O-])O.O=S(=O)=O.[Cu].[Na+].[Na+]. The summed E-state index contributed by atoms with van der Waals surface area (Å²) in [5, 5.41) is 42.6. The maximum atomic E-state index is 12.9. The van der Waals surface area contributed by atoms with Gasteiger partial charge in [-0.05, 0) is 36.4 Å². The minimum atomic E-state index is -4.92. The predicted molar refractivity (Wildman–Crippen MR) is 197 cm³/mol. The van der Waals surface area contributed by atoms with Crippen LogP contribution in [0.4, 0.5) is 28.4 Å². The van der Waals surface area contributed by atoms with Crippen molar-refractivity contribution in [1.82, 2.24) is 4.90 Å². The second kappa shape index (κ2) is 25.5. The molecule has 0 aliphatic heterocycles. The van der Waals surface area contributed by atoms with E-state index in [1.807, 2.05) is 0 Å². The van der Waals surface area contributed by atoms with Crippen molar-refractivity contribution in [3.8, 4) is 11.5 Å². The molecule has 4 N–H and O–H groups in total. The van der Waals surface area contributed by atoms with Gasteiger partial charge < -0.3 is 31.9 Å². The minimum Gasteiger partial charge on any atom is -0.726 e. The number of carbonyl (C=O) groups is 1. The molecule has 0 saturated carbocycles. The average molecular weight is 949 g/mol. The molecule has 4 aromatic rings. The second-order valence-corrected chi connectivity index (χ2v) is 15.9. The summed E-state index contributed by atoms with van der Waals surface area (Å²) in [7, 11) is -11.9. The van der Waals surface area contributed by atoms with Crippen molar-refractivity contribution in [2.24, 2.45) is 20.5 Å². The number of aromatic hydroxyl groups is 2. The molecular weight excluding hydrogens is 918 g/mol. The molecule has 0 fully saturated rings. The van der Waals surface area contributed by atoms with E-state index in [1.54, 1.807) is 37.4 Å². The van der Waals surface area contributed by atoms with Crippen LogP contribution in [-0.4, -0.2) is 100 Å². The zero-order valence-electron chi connectivity index (χ0n) is 30.9. The molecule has 58 heavy (non-hydrogen) atoms. The molecule has 307 valence electrons. The van der Waals surface area contributed by atoms with Crippen molar-refractivity contribution in [3.05, 3.63) is 91.2 Å². The van der Waals surface area contributed by atoms with E-state index in [9.17, 15) is 31.8 Å². The van der Waals surface area contributed by atoms with Gasteiger partial charge in [-0.15, -0.1) is 17.7 Å². The fourth-order valence-corrected chi connectivity index (χ4v) is 5.66. The number of benzene rings is 4. The van der Waals surface area contributed by atoms with Gasteiger partial charge >= 0.3 is 69.7 Å². The van der Waals surface area contributed by atoms with Crippen molar-refractivity contribution in [2.75, 3.05) is 37.5 Å². The molecule has 1 amide bonds. The number of azo groups is 2.